The zero-order valence-electron chi connectivity index (χ0n) is 19.4. The van der Waals surface area contributed by atoms with Gasteiger partial charge in [0.1, 0.15) is 10.6 Å². The van der Waals surface area contributed by atoms with Crippen molar-refractivity contribution in [2.75, 3.05) is 14.2 Å². The molecule has 5 rings (SSSR count). The molecule has 0 amide bonds. The van der Waals surface area contributed by atoms with Crippen LogP contribution in [0.15, 0.2) is 41.3 Å². The quantitative estimate of drug-likeness (QED) is 0.636. The number of aryl methyl sites for hydroxylation is 1. The van der Waals surface area contributed by atoms with Crippen LogP contribution in [0.3, 0.4) is 0 Å². The van der Waals surface area contributed by atoms with Crippen molar-refractivity contribution in [2.24, 2.45) is 17.3 Å². The first kappa shape index (κ1) is 22.5. The van der Waals surface area contributed by atoms with E-state index in [1.54, 1.807) is 19.2 Å². The fraction of sp³-hybridized carbons (Fsp3) is 0.538. The Kier molecular flexibility index (Phi) is 5.60. The Morgan fingerprint density at radius 3 is 2.42 bits per heavy atom. The summed E-state index contributed by atoms with van der Waals surface area (Å²) in [6, 6.07) is 9.97. The number of hydrogen-bond donors (Lipinski definition) is 1. The molecular weight excluding hydrogens is 440 g/mol. The van der Waals surface area contributed by atoms with Crippen molar-refractivity contribution in [2.45, 2.75) is 62.4 Å². The molecule has 0 aromatic heterocycles. The van der Waals surface area contributed by atoms with Crippen molar-refractivity contribution in [3.05, 3.63) is 47.5 Å². The van der Waals surface area contributed by atoms with Crippen molar-refractivity contribution in [1.82, 2.24) is 0 Å². The summed E-state index contributed by atoms with van der Waals surface area (Å²) in [6.45, 7) is 2.27. The van der Waals surface area contributed by atoms with Gasteiger partial charge in [0, 0.05) is 0 Å². The fourth-order valence-electron chi connectivity index (χ4n) is 6.68. The lowest BCUT2D eigenvalue weighted by molar-refractivity contribution is -0.0226. The predicted molar refractivity (Wildman–Crippen MR) is 124 cm³/mol. The predicted octanol–water partition coefficient (Wildman–Crippen LogP) is 4.69. The van der Waals surface area contributed by atoms with Crippen LogP contribution in [0.25, 0.3) is 0 Å². The molecule has 0 aliphatic heterocycles. The van der Waals surface area contributed by atoms with E-state index in [0.29, 0.717) is 29.3 Å². The highest BCUT2D eigenvalue weighted by molar-refractivity contribution is 7.87. The summed E-state index contributed by atoms with van der Waals surface area (Å²) >= 11 is 0. The monoisotopic (exact) mass is 472 g/mol. The molecule has 178 valence electrons. The summed E-state index contributed by atoms with van der Waals surface area (Å²) < 4.78 is 42.1. The molecule has 3 aliphatic rings. The van der Waals surface area contributed by atoms with Crippen molar-refractivity contribution in [3.63, 3.8) is 0 Å². The smallest absolute Gasteiger partial charge is 0.339 e. The second-order valence-corrected chi connectivity index (χ2v) is 11.5. The molecule has 0 heterocycles. The van der Waals surface area contributed by atoms with E-state index in [1.165, 1.54) is 24.8 Å². The highest BCUT2D eigenvalue weighted by Gasteiger charge is 2.54. The average molecular weight is 473 g/mol. The van der Waals surface area contributed by atoms with Gasteiger partial charge in [-0.2, -0.15) is 8.42 Å². The van der Waals surface area contributed by atoms with E-state index in [-0.39, 0.29) is 22.2 Å². The second-order valence-electron chi connectivity index (χ2n) is 9.97. The third-order valence-corrected chi connectivity index (χ3v) is 9.76. The van der Waals surface area contributed by atoms with Gasteiger partial charge in [-0.15, -0.1) is 0 Å². The molecule has 6 nitrogen and oxygen atoms in total. The van der Waals surface area contributed by atoms with E-state index in [9.17, 15) is 13.5 Å². The number of aliphatic hydroxyl groups is 1. The van der Waals surface area contributed by atoms with Crippen molar-refractivity contribution in [1.29, 1.82) is 0 Å². The number of benzene rings is 2. The summed E-state index contributed by atoms with van der Waals surface area (Å²) in [5, 5.41) is 10.6. The molecule has 2 saturated carbocycles. The van der Waals surface area contributed by atoms with E-state index in [1.807, 2.05) is 12.1 Å². The van der Waals surface area contributed by atoms with Crippen LogP contribution in [0.5, 0.6) is 17.2 Å². The summed E-state index contributed by atoms with van der Waals surface area (Å²) in [4.78, 5) is 0.0643. The molecule has 1 N–H and O–H groups in total. The standard InChI is InChI=1S/C26H32O6S/c1-26-13-12-19-20(22(26)10-11-25(26)27)9-4-16-14-24(23(31-3)15-21(16)19)32-33(28,29)18-7-5-17(30-2)6-8-18/h5-8,14-15,19-20,22,25,27H,4,9-13H2,1-3H3. The van der Waals surface area contributed by atoms with Gasteiger partial charge in [0.05, 0.1) is 20.3 Å². The first-order valence-electron chi connectivity index (χ1n) is 11.7. The Bertz CT molecular complexity index is 1140. The molecule has 0 saturated heterocycles. The van der Waals surface area contributed by atoms with E-state index in [2.05, 4.69) is 6.92 Å². The van der Waals surface area contributed by atoms with Crippen molar-refractivity contribution in [3.8, 4) is 17.2 Å². The third-order valence-electron chi connectivity index (χ3n) is 8.51. The van der Waals surface area contributed by atoms with Gasteiger partial charge in [0.15, 0.2) is 11.5 Å². The van der Waals surface area contributed by atoms with Crippen molar-refractivity contribution >= 4 is 10.1 Å². The SMILES string of the molecule is COc1ccc(S(=O)(=O)Oc2cc3c(cc2OC)C2CCC4(C)C(O)CCC4C2CC3)cc1. The molecular formula is C26H32O6S. The minimum Gasteiger partial charge on any atom is -0.497 e. The largest absolute Gasteiger partial charge is 0.497 e. The maximum Gasteiger partial charge on any atom is 0.339 e. The minimum absolute atomic E-state index is 0.0260. The minimum atomic E-state index is -4.01. The maximum atomic E-state index is 12.9. The van der Waals surface area contributed by atoms with Crippen LogP contribution < -0.4 is 13.7 Å². The number of ether oxygens (including phenoxy) is 2. The average Bonchev–Trinajstić information content (AvgIpc) is 3.12. The number of fused-ring (bicyclic) bond motifs is 5. The molecule has 0 spiro atoms. The van der Waals surface area contributed by atoms with Crippen LogP contribution in [0.2, 0.25) is 0 Å². The van der Waals surface area contributed by atoms with Gasteiger partial charge in [0.25, 0.3) is 0 Å². The van der Waals surface area contributed by atoms with E-state index >= 15 is 0 Å². The lowest BCUT2D eigenvalue weighted by Gasteiger charge is -2.50. The number of hydrogen-bond acceptors (Lipinski definition) is 6. The Morgan fingerprint density at radius 1 is 0.970 bits per heavy atom. The summed E-state index contributed by atoms with van der Waals surface area (Å²) in [7, 11) is -0.936. The molecule has 0 bridgehead atoms. The second kappa shape index (κ2) is 8.20. The first-order valence-corrected chi connectivity index (χ1v) is 13.1. The van der Waals surface area contributed by atoms with Crippen molar-refractivity contribution < 1.29 is 27.2 Å². The van der Waals surface area contributed by atoms with Crippen LogP contribution in [-0.2, 0) is 16.5 Å². The third kappa shape index (κ3) is 3.69. The summed E-state index contributed by atoms with van der Waals surface area (Å²) in [5.41, 5.74) is 2.41. The van der Waals surface area contributed by atoms with E-state index in [0.717, 1.165) is 44.1 Å². The molecule has 2 aromatic carbocycles. The maximum absolute atomic E-state index is 12.9. The number of methoxy groups -OCH3 is 2. The molecule has 2 fully saturated rings. The molecule has 5 unspecified atom stereocenters. The lowest BCUT2D eigenvalue weighted by Crippen LogP contribution is -2.43. The Morgan fingerprint density at radius 2 is 1.73 bits per heavy atom. The molecule has 33 heavy (non-hydrogen) atoms. The highest BCUT2D eigenvalue weighted by Crippen LogP contribution is 2.61. The number of rotatable bonds is 5. The normalized spacial score (nSPS) is 30.7. The van der Waals surface area contributed by atoms with Gasteiger partial charge in [0.2, 0.25) is 0 Å². The zero-order valence-corrected chi connectivity index (χ0v) is 20.2. The molecule has 3 aliphatic carbocycles. The van der Waals surface area contributed by atoms with Gasteiger partial charge >= 0.3 is 10.1 Å². The van der Waals surface area contributed by atoms with Crippen LogP contribution >= 0.6 is 0 Å². The van der Waals surface area contributed by atoms with E-state index in [4.69, 9.17) is 13.7 Å². The van der Waals surface area contributed by atoms with Gasteiger partial charge < -0.3 is 18.8 Å². The van der Waals surface area contributed by atoms with E-state index < -0.39 is 10.1 Å². The summed E-state index contributed by atoms with van der Waals surface area (Å²) in [6.07, 6.45) is 5.78. The van der Waals surface area contributed by atoms with Gasteiger partial charge in [-0.3, -0.25) is 0 Å². The molecule has 0 radical (unpaired) electrons. The van der Waals surface area contributed by atoms with Gasteiger partial charge in [-0.05, 0) is 109 Å². The van der Waals surface area contributed by atoms with Crippen LogP contribution in [0.1, 0.15) is 56.1 Å². The fourth-order valence-corrected chi connectivity index (χ4v) is 7.62. The Labute approximate surface area is 196 Å². The first-order chi connectivity index (χ1) is 15.8. The zero-order chi connectivity index (χ0) is 23.4. The van der Waals surface area contributed by atoms with Crippen LogP contribution in [0, 0.1) is 17.3 Å². The van der Waals surface area contributed by atoms with Gasteiger partial charge in [-0.1, -0.05) is 6.92 Å². The van der Waals surface area contributed by atoms with Crippen LogP contribution in [0.4, 0.5) is 0 Å². The van der Waals surface area contributed by atoms with Gasteiger partial charge in [-0.25, -0.2) is 0 Å². The Hall–Kier alpha value is -2.25. The Balaban J connectivity index is 1.45. The topological polar surface area (TPSA) is 82.1 Å². The molecule has 5 atom stereocenters. The molecule has 7 heteroatoms. The number of aliphatic hydroxyl groups excluding tert-OH is 1. The summed E-state index contributed by atoms with van der Waals surface area (Å²) in [5.74, 6) is 2.74. The molecule has 2 aromatic rings. The highest BCUT2D eigenvalue weighted by atomic mass is 32.2. The lowest BCUT2D eigenvalue weighted by atomic mass is 9.55. The van der Waals surface area contributed by atoms with Crippen LogP contribution in [-0.4, -0.2) is 33.8 Å².